The van der Waals surface area contributed by atoms with Crippen LogP contribution in [-0.2, 0) is 23.1 Å². The molecule has 0 aromatic heterocycles. The number of fused-ring (bicyclic) bond motifs is 3. The Labute approximate surface area is 203 Å². The zero-order valence-electron chi connectivity index (χ0n) is 22.7. The summed E-state index contributed by atoms with van der Waals surface area (Å²) in [5.74, 6) is 0.377. The van der Waals surface area contributed by atoms with Crippen LogP contribution >= 0.6 is 0 Å². The molecule has 33 heavy (non-hydrogen) atoms. The smallest absolute Gasteiger partial charge is 0.336 e. The molecule has 188 valence electrons. The van der Waals surface area contributed by atoms with Gasteiger partial charge in [-0.15, -0.1) is 0 Å². The van der Waals surface area contributed by atoms with Crippen molar-refractivity contribution in [1.29, 1.82) is 0 Å². The van der Waals surface area contributed by atoms with Gasteiger partial charge in [0.2, 0.25) is 0 Å². The highest BCUT2D eigenvalue weighted by molar-refractivity contribution is 6.74. The van der Waals surface area contributed by atoms with Crippen LogP contribution in [0.25, 0.3) is 0 Å². The number of allylic oxidation sites excluding steroid dienone is 2. The van der Waals surface area contributed by atoms with E-state index in [9.17, 15) is 4.79 Å². The Morgan fingerprint density at radius 3 is 2.21 bits per heavy atom. The Kier molecular flexibility index (Phi) is 7.36. The fourth-order valence-corrected chi connectivity index (χ4v) is 7.29. The van der Waals surface area contributed by atoms with E-state index in [2.05, 4.69) is 73.8 Å². The van der Waals surface area contributed by atoms with Gasteiger partial charge in [-0.1, -0.05) is 53.7 Å². The summed E-state index contributed by atoms with van der Waals surface area (Å²) >= 11 is 0. The highest BCUT2D eigenvalue weighted by Crippen LogP contribution is 2.53. The second-order valence-electron chi connectivity index (χ2n) is 13.1. The molecular formula is C26H46O5Si2. The van der Waals surface area contributed by atoms with Gasteiger partial charge in [0.25, 0.3) is 0 Å². The van der Waals surface area contributed by atoms with Crippen LogP contribution in [0.2, 0.25) is 36.3 Å². The number of hydrogen-bond donors (Lipinski definition) is 0. The minimum atomic E-state index is -1.96. The molecule has 3 aliphatic rings. The molecule has 1 heterocycles. The SMILES string of the molecule is COC(=O)C1=CC=CC2C1O[C@H]1CC(O[Si](C)(C)C(C)(C)C)[C@H](CO[Si](C)(C)C(C)(C)C)[C@@H]21. The van der Waals surface area contributed by atoms with Crippen LogP contribution in [0.1, 0.15) is 48.0 Å². The van der Waals surface area contributed by atoms with Gasteiger partial charge < -0.3 is 18.3 Å². The first-order chi connectivity index (χ1) is 15.0. The monoisotopic (exact) mass is 494 g/mol. The average Bonchev–Trinajstić information content (AvgIpc) is 3.19. The van der Waals surface area contributed by atoms with Gasteiger partial charge in [-0.2, -0.15) is 0 Å². The number of ether oxygens (including phenoxy) is 2. The fraction of sp³-hybridized carbons (Fsp3) is 0.808. The molecule has 0 aromatic rings. The molecule has 2 fully saturated rings. The predicted molar refractivity (Wildman–Crippen MR) is 138 cm³/mol. The minimum absolute atomic E-state index is 0.0681. The third-order valence-electron chi connectivity index (χ3n) is 9.01. The Balaban J connectivity index is 1.88. The van der Waals surface area contributed by atoms with Gasteiger partial charge >= 0.3 is 5.97 Å². The van der Waals surface area contributed by atoms with Crippen molar-refractivity contribution in [2.45, 2.75) is 103 Å². The Bertz CT molecular complexity index is 802. The van der Waals surface area contributed by atoms with Crippen LogP contribution in [0, 0.1) is 17.8 Å². The lowest BCUT2D eigenvalue weighted by molar-refractivity contribution is -0.137. The van der Waals surface area contributed by atoms with E-state index in [0.717, 1.165) is 6.42 Å². The van der Waals surface area contributed by atoms with Crippen LogP contribution in [0.3, 0.4) is 0 Å². The van der Waals surface area contributed by atoms with Gasteiger partial charge in [0.15, 0.2) is 16.6 Å². The molecule has 1 aliphatic heterocycles. The molecule has 3 rings (SSSR count). The fourth-order valence-electron chi connectivity index (χ4n) is 4.87. The van der Waals surface area contributed by atoms with Crippen molar-refractivity contribution >= 4 is 22.6 Å². The van der Waals surface area contributed by atoms with E-state index < -0.39 is 16.6 Å². The summed E-state index contributed by atoms with van der Waals surface area (Å²) in [4.78, 5) is 12.4. The molecule has 7 heteroatoms. The van der Waals surface area contributed by atoms with Crippen molar-refractivity contribution in [2.75, 3.05) is 13.7 Å². The topological polar surface area (TPSA) is 54.0 Å². The minimum Gasteiger partial charge on any atom is -0.466 e. The first-order valence-corrected chi connectivity index (χ1v) is 18.3. The summed E-state index contributed by atoms with van der Waals surface area (Å²) in [6.45, 7) is 23.7. The normalized spacial score (nSPS) is 32.4. The summed E-state index contributed by atoms with van der Waals surface area (Å²) < 4.78 is 25.4. The maximum absolute atomic E-state index is 12.4. The van der Waals surface area contributed by atoms with Crippen molar-refractivity contribution in [2.24, 2.45) is 17.8 Å². The van der Waals surface area contributed by atoms with Crippen molar-refractivity contribution in [3.8, 4) is 0 Å². The molecule has 0 bridgehead atoms. The van der Waals surface area contributed by atoms with Crippen molar-refractivity contribution in [3.63, 3.8) is 0 Å². The lowest BCUT2D eigenvalue weighted by Gasteiger charge is -2.42. The molecule has 0 spiro atoms. The highest BCUT2D eigenvalue weighted by Gasteiger charge is 2.58. The lowest BCUT2D eigenvalue weighted by Crippen LogP contribution is -2.48. The molecule has 2 aliphatic carbocycles. The third-order valence-corrected chi connectivity index (χ3v) is 18.0. The number of methoxy groups -OCH3 is 1. The summed E-state index contributed by atoms with van der Waals surface area (Å²) in [5.41, 5.74) is 0.630. The molecule has 3 unspecified atom stereocenters. The first-order valence-electron chi connectivity index (χ1n) is 12.4. The molecule has 0 aromatic carbocycles. The molecular weight excluding hydrogens is 448 g/mol. The van der Waals surface area contributed by atoms with Gasteiger partial charge in [-0.05, 0) is 48.8 Å². The molecule has 1 saturated heterocycles. The van der Waals surface area contributed by atoms with Gasteiger partial charge in [-0.25, -0.2) is 4.79 Å². The summed E-state index contributed by atoms with van der Waals surface area (Å²) in [6, 6.07) is 0. The average molecular weight is 495 g/mol. The first kappa shape index (κ1) is 26.9. The number of carbonyl (C=O) groups is 1. The lowest BCUT2D eigenvalue weighted by atomic mass is 9.78. The van der Waals surface area contributed by atoms with E-state index >= 15 is 0 Å². The van der Waals surface area contributed by atoms with Crippen LogP contribution in [0.15, 0.2) is 23.8 Å². The number of carbonyl (C=O) groups excluding carboxylic acids is 1. The van der Waals surface area contributed by atoms with E-state index in [-0.39, 0.29) is 52.1 Å². The molecule has 1 saturated carbocycles. The quantitative estimate of drug-likeness (QED) is 0.330. The second kappa shape index (κ2) is 9.05. The molecule has 0 N–H and O–H groups in total. The molecule has 0 radical (unpaired) electrons. The van der Waals surface area contributed by atoms with Crippen molar-refractivity contribution < 1.29 is 23.1 Å². The summed E-state index contributed by atoms with van der Waals surface area (Å²) in [7, 11) is -2.43. The van der Waals surface area contributed by atoms with Crippen LogP contribution in [0.5, 0.6) is 0 Å². The van der Waals surface area contributed by atoms with Gasteiger partial charge in [0.05, 0.1) is 31.0 Å². The van der Waals surface area contributed by atoms with E-state index in [0.29, 0.717) is 12.2 Å². The second-order valence-corrected chi connectivity index (χ2v) is 22.7. The number of hydrogen-bond acceptors (Lipinski definition) is 5. The number of esters is 1. The highest BCUT2D eigenvalue weighted by atomic mass is 28.4. The van der Waals surface area contributed by atoms with Gasteiger partial charge in [0.1, 0.15) is 0 Å². The van der Waals surface area contributed by atoms with E-state index in [1.807, 2.05) is 12.2 Å². The molecule has 5 nitrogen and oxygen atoms in total. The summed E-state index contributed by atoms with van der Waals surface area (Å²) in [5, 5.41) is 0.297. The predicted octanol–water partition coefficient (Wildman–Crippen LogP) is 6.09. The van der Waals surface area contributed by atoms with Crippen molar-refractivity contribution in [1.82, 2.24) is 0 Å². The van der Waals surface area contributed by atoms with E-state index in [1.165, 1.54) is 7.11 Å². The van der Waals surface area contributed by atoms with E-state index in [4.69, 9.17) is 18.3 Å². The molecule has 6 atom stereocenters. The van der Waals surface area contributed by atoms with Crippen LogP contribution in [0.4, 0.5) is 0 Å². The maximum atomic E-state index is 12.4. The van der Waals surface area contributed by atoms with Crippen LogP contribution in [-0.4, -0.2) is 54.6 Å². The molecule has 0 amide bonds. The standard InChI is InChI=1S/C26H46O5Si2/c1-25(2,3)32(8,9)29-16-19-20(31-33(10,11)26(4,5)6)15-21-22(19)17-13-12-14-18(23(17)30-21)24(27)28-7/h12-14,17,19-23H,15-16H2,1-11H3/t17?,19-,20?,21-,22+,23?/m0/s1. The Morgan fingerprint density at radius 2 is 1.67 bits per heavy atom. The van der Waals surface area contributed by atoms with Crippen LogP contribution < -0.4 is 0 Å². The Hall–Kier alpha value is -0.736. The van der Waals surface area contributed by atoms with E-state index in [1.54, 1.807) is 0 Å². The van der Waals surface area contributed by atoms with Crippen molar-refractivity contribution in [3.05, 3.63) is 23.8 Å². The number of rotatable bonds is 6. The largest absolute Gasteiger partial charge is 0.466 e. The maximum Gasteiger partial charge on any atom is 0.336 e. The summed E-state index contributed by atoms with van der Waals surface area (Å²) in [6.07, 6.45) is 6.87. The Morgan fingerprint density at radius 1 is 1.06 bits per heavy atom. The zero-order chi connectivity index (χ0) is 25.0. The zero-order valence-corrected chi connectivity index (χ0v) is 24.7. The van der Waals surface area contributed by atoms with Gasteiger partial charge in [-0.3, -0.25) is 0 Å². The third kappa shape index (κ3) is 5.13. The van der Waals surface area contributed by atoms with Gasteiger partial charge in [0, 0.05) is 24.4 Å².